The highest BCUT2D eigenvalue weighted by Crippen LogP contribution is 2.29. The Morgan fingerprint density at radius 2 is 1.07 bits per heavy atom. The smallest absolute Gasteiger partial charge is 0.254 e. The topological polar surface area (TPSA) is 182 Å². The summed E-state index contributed by atoms with van der Waals surface area (Å²) in [5, 5.41) is 14.5. The van der Waals surface area contributed by atoms with E-state index in [1.807, 2.05) is 0 Å². The number of methoxy groups -OCH3 is 2. The predicted molar refractivity (Wildman–Crippen MR) is 211 cm³/mol. The van der Waals surface area contributed by atoms with E-state index in [-0.39, 0.29) is 82.4 Å². The molecule has 0 radical (unpaired) electrons. The summed E-state index contributed by atoms with van der Waals surface area (Å²) < 4.78 is 16.2. The second kappa shape index (κ2) is 17.4. The van der Waals surface area contributed by atoms with Gasteiger partial charge in [0.15, 0.2) is 0 Å². The molecule has 294 valence electrons. The van der Waals surface area contributed by atoms with Crippen LogP contribution in [0.15, 0.2) is 77.2 Å². The summed E-state index contributed by atoms with van der Waals surface area (Å²) in [5.41, 5.74) is 3.17. The fourth-order valence-electron chi connectivity index (χ4n) is 7.06. The van der Waals surface area contributed by atoms with Crippen molar-refractivity contribution in [2.75, 3.05) is 37.9 Å². The molecule has 17 heteroatoms. The van der Waals surface area contributed by atoms with Crippen molar-refractivity contribution in [1.82, 2.24) is 30.0 Å². The number of halogens is 2. The third-order valence-electron chi connectivity index (χ3n) is 9.83. The molecule has 57 heavy (non-hydrogen) atoms. The standard InChI is InChI=1S/C40H38Cl2N8O7/c1-55-35-19-25(17-31(41)45-35)39(53)49-15-3-5-29(49)21-33(51)43-27-11-7-23(8-12-27)37-47-48-38(57-37)24-9-13-28(14-10-24)44-34(52)22-30-6-4-16-50(30)40(54)26-18-32(42)46-36(20-26)56-2/h7-14,17-20,29-30H,3-6,15-16,21-22H2,1-2H3,(H,43,51)(H,44,52)/t29-,30-/m0/s1. The van der Waals surface area contributed by atoms with Crippen LogP contribution in [0.3, 0.4) is 0 Å². The van der Waals surface area contributed by atoms with Gasteiger partial charge in [0.25, 0.3) is 11.8 Å². The number of anilines is 2. The monoisotopic (exact) mass is 812 g/mol. The van der Waals surface area contributed by atoms with Crippen LogP contribution in [0.5, 0.6) is 11.8 Å². The van der Waals surface area contributed by atoms with E-state index < -0.39 is 0 Å². The van der Waals surface area contributed by atoms with Crippen LogP contribution in [0.4, 0.5) is 11.4 Å². The number of hydrogen-bond acceptors (Lipinski definition) is 11. The third kappa shape index (κ3) is 9.33. The van der Waals surface area contributed by atoms with Crippen LogP contribution in [0.25, 0.3) is 22.9 Å². The zero-order valence-corrected chi connectivity index (χ0v) is 32.5. The minimum absolute atomic E-state index is 0.137. The Hall–Kier alpha value is -6.06. The molecule has 5 heterocycles. The van der Waals surface area contributed by atoms with E-state index in [2.05, 4.69) is 30.8 Å². The fraction of sp³-hybridized carbons (Fsp3) is 0.300. The number of benzene rings is 2. The third-order valence-corrected chi connectivity index (χ3v) is 10.2. The number of likely N-dealkylation sites (tertiary alicyclic amines) is 2. The Labute approximate surface area is 337 Å². The summed E-state index contributed by atoms with van der Waals surface area (Å²) >= 11 is 12.1. The van der Waals surface area contributed by atoms with Crippen molar-refractivity contribution in [1.29, 1.82) is 0 Å². The number of nitrogens with zero attached hydrogens (tertiary/aromatic N) is 6. The molecule has 2 N–H and O–H groups in total. The molecule has 2 fully saturated rings. The van der Waals surface area contributed by atoms with Gasteiger partial charge in [-0.3, -0.25) is 19.2 Å². The Kier molecular flexibility index (Phi) is 12.0. The van der Waals surface area contributed by atoms with Crippen molar-refractivity contribution in [2.45, 2.75) is 50.6 Å². The van der Waals surface area contributed by atoms with Gasteiger partial charge in [-0.05, 0) is 86.3 Å². The quantitative estimate of drug-likeness (QED) is 0.127. The normalized spacial score (nSPS) is 16.4. The van der Waals surface area contributed by atoms with E-state index in [0.717, 1.165) is 12.8 Å². The highest BCUT2D eigenvalue weighted by atomic mass is 35.5. The van der Waals surface area contributed by atoms with Crippen molar-refractivity contribution >= 4 is 58.2 Å². The average Bonchev–Trinajstić information content (AvgIpc) is 4.00. The van der Waals surface area contributed by atoms with Crippen molar-refractivity contribution in [3.63, 3.8) is 0 Å². The summed E-state index contributed by atoms with van der Waals surface area (Å²) in [6.45, 7) is 1.07. The van der Waals surface area contributed by atoms with E-state index in [0.29, 0.717) is 59.6 Å². The van der Waals surface area contributed by atoms with Crippen molar-refractivity contribution < 1.29 is 33.1 Å². The van der Waals surface area contributed by atoms with Gasteiger partial charge in [0, 0.05) is 83.8 Å². The minimum atomic E-state index is -0.262. The maximum absolute atomic E-state index is 13.3. The van der Waals surface area contributed by atoms with Crippen molar-refractivity contribution in [2.24, 2.45) is 0 Å². The maximum atomic E-state index is 13.3. The number of rotatable bonds is 12. The molecule has 2 aromatic carbocycles. The van der Waals surface area contributed by atoms with Gasteiger partial charge >= 0.3 is 0 Å². The molecule has 15 nitrogen and oxygen atoms in total. The minimum Gasteiger partial charge on any atom is -0.481 e. The van der Waals surface area contributed by atoms with Gasteiger partial charge in [-0.15, -0.1) is 10.2 Å². The van der Waals surface area contributed by atoms with Gasteiger partial charge in [0.05, 0.1) is 14.2 Å². The van der Waals surface area contributed by atoms with Crippen LogP contribution < -0.4 is 20.1 Å². The van der Waals surface area contributed by atoms with Crippen LogP contribution in [0.1, 0.15) is 59.2 Å². The molecule has 4 amide bonds. The maximum Gasteiger partial charge on any atom is 0.254 e. The molecular weight excluding hydrogens is 775 g/mol. The lowest BCUT2D eigenvalue weighted by Crippen LogP contribution is -2.37. The molecule has 0 spiro atoms. The van der Waals surface area contributed by atoms with Gasteiger partial charge in [0.1, 0.15) is 10.3 Å². The Balaban J connectivity index is 0.906. The van der Waals surface area contributed by atoms with Crippen molar-refractivity contribution in [3.05, 3.63) is 94.2 Å². The Morgan fingerprint density at radius 3 is 1.46 bits per heavy atom. The van der Waals surface area contributed by atoms with E-state index in [4.69, 9.17) is 37.1 Å². The number of carbonyl (C=O) groups is 4. The van der Waals surface area contributed by atoms with Gasteiger partial charge in [-0.25, -0.2) is 9.97 Å². The molecule has 0 unspecified atom stereocenters. The van der Waals surface area contributed by atoms with E-state index >= 15 is 0 Å². The second-order valence-corrected chi connectivity index (χ2v) is 14.4. The lowest BCUT2D eigenvalue weighted by molar-refractivity contribution is -0.117. The first-order valence-corrected chi connectivity index (χ1v) is 19.0. The molecule has 5 aromatic rings. The first-order chi connectivity index (χ1) is 27.6. The van der Waals surface area contributed by atoms with Gasteiger partial charge < -0.3 is 34.3 Å². The highest BCUT2D eigenvalue weighted by molar-refractivity contribution is 6.30. The fourth-order valence-corrected chi connectivity index (χ4v) is 7.47. The molecule has 2 aliphatic rings. The molecule has 3 aromatic heterocycles. The van der Waals surface area contributed by atoms with Crippen LogP contribution in [0.2, 0.25) is 10.3 Å². The van der Waals surface area contributed by atoms with Crippen LogP contribution in [0, 0.1) is 0 Å². The second-order valence-electron chi connectivity index (χ2n) is 13.6. The molecule has 0 aliphatic carbocycles. The molecular formula is C40H38Cl2N8O7. The first kappa shape index (κ1) is 39.2. The van der Waals surface area contributed by atoms with Crippen LogP contribution in [-0.4, -0.2) is 93.0 Å². The van der Waals surface area contributed by atoms with Crippen molar-refractivity contribution in [3.8, 4) is 34.7 Å². The molecule has 0 saturated carbocycles. The lowest BCUT2D eigenvalue weighted by Gasteiger charge is -2.24. The number of nitrogens with one attached hydrogen (secondary N) is 2. The zero-order chi connectivity index (χ0) is 40.1. The molecule has 7 rings (SSSR count). The first-order valence-electron chi connectivity index (χ1n) is 18.3. The SMILES string of the molecule is COc1cc(C(=O)N2CCC[C@H]2CC(=O)Nc2ccc(-c3nnc(-c4ccc(NC(=O)C[C@@H]5CCCN5C(=O)c5cc(Cl)nc(OC)c5)cc4)o3)cc2)cc(Cl)n1. The van der Waals surface area contributed by atoms with Gasteiger partial charge in [0.2, 0.25) is 35.4 Å². The summed E-state index contributed by atoms with van der Waals surface area (Å²) in [6.07, 6.45) is 3.25. The molecule has 0 bridgehead atoms. The molecule has 2 aliphatic heterocycles. The Bertz CT molecular complexity index is 2130. The van der Waals surface area contributed by atoms with Gasteiger partial charge in [-0.1, -0.05) is 23.2 Å². The van der Waals surface area contributed by atoms with Crippen LogP contribution in [-0.2, 0) is 9.59 Å². The van der Waals surface area contributed by atoms with E-state index in [9.17, 15) is 19.2 Å². The Morgan fingerprint density at radius 1 is 0.667 bits per heavy atom. The largest absolute Gasteiger partial charge is 0.481 e. The van der Waals surface area contributed by atoms with E-state index in [1.165, 1.54) is 38.5 Å². The number of amides is 4. The zero-order valence-electron chi connectivity index (χ0n) is 31.0. The summed E-state index contributed by atoms with van der Waals surface area (Å²) in [5.74, 6) is 0.163. The van der Waals surface area contributed by atoms with E-state index in [1.54, 1.807) is 58.3 Å². The lowest BCUT2D eigenvalue weighted by atomic mass is 10.1. The average molecular weight is 814 g/mol. The highest BCUT2D eigenvalue weighted by Gasteiger charge is 2.33. The summed E-state index contributed by atoms with van der Waals surface area (Å²) in [4.78, 5) is 64.0. The number of aromatic nitrogens is 4. The number of hydrogen-bond donors (Lipinski definition) is 2. The van der Waals surface area contributed by atoms with Crippen LogP contribution >= 0.6 is 23.2 Å². The molecule has 2 saturated heterocycles. The summed E-state index contributed by atoms with van der Waals surface area (Å²) in [6, 6.07) is 19.6. The number of ether oxygens (including phenoxy) is 2. The predicted octanol–water partition coefficient (Wildman–Crippen LogP) is 6.78. The summed E-state index contributed by atoms with van der Waals surface area (Å²) in [7, 11) is 2.90. The number of carbonyl (C=O) groups excluding carboxylic acids is 4. The number of pyridine rings is 2. The molecule has 2 atom stereocenters. The van der Waals surface area contributed by atoms with Gasteiger partial charge in [-0.2, -0.15) is 0 Å².